The fourth-order valence-electron chi connectivity index (χ4n) is 1.80. The molecule has 21 heavy (non-hydrogen) atoms. The van der Waals surface area contributed by atoms with Gasteiger partial charge in [-0.15, -0.1) is 0 Å². The van der Waals surface area contributed by atoms with E-state index < -0.39 is 10.0 Å². The lowest BCUT2D eigenvalue weighted by atomic mass is 10.2. The highest BCUT2D eigenvalue weighted by atomic mass is 35.5. The van der Waals surface area contributed by atoms with Gasteiger partial charge in [0.25, 0.3) is 0 Å². The molecule has 1 rings (SSSR count). The van der Waals surface area contributed by atoms with Crippen LogP contribution in [-0.4, -0.2) is 33.7 Å². The molecule has 0 saturated carbocycles. The third kappa shape index (κ3) is 6.35. The number of benzene rings is 1. The van der Waals surface area contributed by atoms with Crippen LogP contribution >= 0.6 is 11.6 Å². The van der Waals surface area contributed by atoms with Crippen LogP contribution in [0.25, 0.3) is 0 Å². The number of hydrogen-bond donors (Lipinski definition) is 1. The van der Waals surface area contributed by atoms with E-state index in [1.807, 2.05) is 0 Å². The van der Waals surface area contributed by atoms with Crippen LogP contribution in [0.3, 0.4) is 0 Å². The Balaban J connectivity index is 2.72. The van der Waals surface area contributed by atoms with Crippen molar-refractivity contribution in [1.29, 1.82) is 0 Å². The molecule has 0 fully saturated rings. The molecule has 0 saturated heterocycles. The summed E-state index contributed by atoms with van der Waals surface area (Å²) in [5.41, 5.74) is 0.422. The summed E-state index contributed by atoms with van der Waals surface area (Å²) in [4.78, 5) is 11.9. The van der Waals surface area contributed by atoms with Gasteiger partial charge in [0.05, 0.1) is 11.9 Å². The van der Waals surface area contributed by atoms with Crippen molar-refractivity contribution in [3.63, 3.8) is 0 Å². The summed E-state index contributed by atoms with van der Waals surface area (Å²) >= 11 is 5.79. The predicted octanol–water partition coefficient (Wildman–Crippen LogP) is 2.41. The Kier molecular flexibility index (Phi) is 6.98. The molecule has 0 aliphatic heterocycles. The van der Waals surface area contributed by atoms with E-state index >= 15 is 0 Å². The maximum Gasteiger partial charge on any atom is 0.240 e. The van der Waals surface area contributed by atoms with Crippen molar-refractivity contribution < 1.29 is 13.2 Å². The summed E-state index contributed by atoms with van der Waals surface area (Å²) in [6, 6.07) is 6.34. The lowest BCUT2D eigenvalue weighted by molar-refractivity contribution is -0.119. The van der Waals surface area contributed by atoms with E-state index in [1.165, 1.54) is 0 Å². The minimum Gasteiger partial charge on any atom is -0.355 e. The average Bonchev–Trinajstić information content (AvgIpc) is 2.41. The number of anilines is 1. The van der Waals surface area contributed by atoms with Crippen molar-refractivity contribution in [2.75, 3.05) is 23.7 Å². The number of amides is 1. The van der Waals surface area contributed by atoms with Gasteiger partial charge in [-0.25, -0.2) is 8.42 Å². The van der Waals surface area contributed by atoms with Crippen LogP contribution in [0.4, 0.5) is 5.69 Å². The largest absolute Gasteiger partial charge is 0.355 e. The number of hydrogen-bond acceptors (Lipinski definition) is 3. The Morgan fingerprint density at radius 1 is 1.24 bits per heavy atom. The lowest BCUT2D eigenvalue weighted by Crippen LogP contribution is -2.40. The first-order chi connectivity index (χ1) is 9.84. The maximum absolute atomic E-state index is 11.9. The van der Waals surface area contributed by atoms with Gasteiger partial charge in [0.15, 0.2) is 0 Å². The third-order valence-electron chi connectivity index (χ3n) is 2.90. The van der Waals surface area contributed by atoms with Gasteiger partial charge in [-0.3, -0.25) is 9.10 Å². The Labute approximate surface area is 131 Å². The van der Waals surface area contributed by atoms with Crippen LogP contribution in [0.2, 0.25) is 5.02 Å². The molecule has 1 N–H and O–H groups in total. The zero-order chi connectivity index (χ0) is 15.9. The van der Waals surface area contributed by atoms with E-state index in [2.05, 4.69) is 12.2 Å². The third-order valence-corrected chi connectivity index (χ3v) is 4.30. The van der Waals surface area contributed by atoms with Gasteiger partial charge in [0.2, 0.25) is 15.9 Å². The molecule has 7 heteroatoms. The van der Waals surface area contributed by atoms with Crippen molar-refractivity contribution >= 4 is 33.2 Å². The smallest absolute Gasteiger partial charge is 0.240 e. The fraction of sp³-hybridized carbons (Fsp3) is 0.500. The highest BCUT2D eigenvalue weighted by molar-refractivity contribution is 7.92. The minimum atomic E-state index is -3.53. The normalized spacial score (nSPS) is 11.2. The summed E-state index contributed by atoms with van der Waals surface area (Å²) in [5, 5.41) is 3.24. The van der Waals surface area contributed by atoms with Crippen LogP contribution in [0, 0.1) is 0 Å². The van der Waals surface area contributed by atoms with E-state index in [1.54, 1.807) is 24.3 Å². The first-order valence-electron chi connectivity index (χ1n) is 6.84. The fourth-order valence-corrected chi connectivity index (χ4v) is 2.78. The summed E-state index contributed by atoms with van der Waals surface area (Å²) in [6.07, 6.45) is 4.07. The topological polar surface area (TPSA) is 66.5 Å². The monoisotopic (exact) mass is 332 g/mol. The molecule has 1 aromatic carbocycles. The molecule has 0 bridgehead atoms. The van der Waals surface area contributed by atoms with Gasteiger partial charge in [0, 0.05) is 11.6 Å². The van der Waals surface area contributed by atoms with Crippen LogP contribution < -0.4 is 9.62 Å². The zero-order valence-corrected chi connectivity index (χ0v) is 13.9. The van der Waals surface area contributed by atoms with Crippen LogP contribution in [-0.2, 0) is 14.8 Å². The second-order valence-electron chi connectivity index (χ2n) is 4.80. The lowest BCUT2D eigenvalue weighted by Gasteiger charge is -2.21. The summed E-state index contributed by atoms with van der Waals surface area (Å²) < 4.78 is 24.8. The van der Waals surface area contributed by atoms with E-state index in [-0.39, 0.29) is 12.5 Å². The van der Waals surface area contributed by atoms with Crippen molar-refractivity contribution in [2.45, 2.75) is 26.2 Å². The Morgan fingerprint density at radius 3 is 2.38 bits per heavy atom. The van der Waals surface area contributed by atoms with Crippen molar-refractivity contribution in [3.8, 4) is 0 Å². The Morgan fingerprint density at radius 2 is 1.86 bits per heavy atom. The standard InChI is InChI=1S/C14H21ClN2O3S/c1-3-4-5-10-16-14(18)11-17(21(2,19)20)13-8-6-12(15)7-9-13/h6-9H,3-5,10-11H2,1-2H3,(H,16,18). The molecule has 0 unspecified atom stereocenters. The van der Waals surface area contributed by atoms with Crippen molar-refractivity contribution in [3.05, 3.63) is 29.3 Å². The summed E-state index contributed by atoms with van der Waals surface area (Å²) in [6.45, 7) is 2.41. The van der Waals surface area contributed by atoms with E-state index in [9.17, 15) is 13.2 Å². The van der Waals surface area contributed by atoms with E-state index in [4.69, 9.17) is 11.6 Å². The summed E-state index contributed by atoms with van der Waals surface area (Å²) in [7, 11) is -3.53. The first-order valence-corrected chi connectivity index (χ1v) is 9.07. The number of halogens is 1. The van der Waals surface area contributed by atoms with E-state index in [0.717, 1.165) is 29.8 Å². The molecule has 1 aromatic rings. The second-order valence-corrected chi connectivity index (χ2v) is 7.15. The highest BCUT2D eigenvalue weighted by Gasteiger charge is 2.20. The van der Waals surface area contributed by atoms with Crippen LogP contribution in [0.15, 0.2) is 24.3 Å². The molecule has 1 amide bonds. The molecule has 0 spiro atoms. The molecule has 0 aliphatic carbocycles. The predicted molar refractivity (Wildman–Crippen MR) is 86.2 cm³/mol. The maximum atomic E-state index is 11.9. The molecule has 5 nitrogen and oxygen atoms in total. The van der Waals surface area contributed by atoms with Crippen LogP contribution in [0.5, 0.6) is 0 Å². The van der Waals surface area contributed by atoms with E-state index in [0.29, 0.717) is 17.3 Å². The molecular weight excluding hydrogens is 312 g/mol. The molecule has 118 valence electrons. The molecule has 0 heterocycles. The average molecular weight is 333 g/mol. The van der Waals surface area contributed by atoms with Gasteiger partial charge >= 0.3 is 0 Å². The summed E-state index contributed by atoms with van der Waals surface area (Å²) in [5.74, 6) is -0.313. The van der Waals surface area contributed by atoms with Crippen molar-refractivity contribution in [2.24, 2.45) is 0 Å². The molecule has 0 atom stereocenters. The van der Waals surface area contributed by atoms with Gasteiger partial charge in [-0.05, 0) is 30.7 Å². The number of carbonyl (C=O) groups excluding carboxylic acids is 1. The Hall–Kier alpha value is -1.27. The van der Waals surface area contributed by atoms with Crippen molar-refractivity contribution in [1.82, 2.24) is 5.32 Å². The quantitative estimate of drug-likeness (QED) is 0.743. The first kappa shape index (κ1) is 17.8. The number of unbranched alkanes of at least 4 members (excludes halogenated alkanes) is 2. The van der Waals surface area contributed by atoms with Gasteiger partial charge in [-0.2, -0.15) is 0 Å². The number of nitrogens with zero attached hydrogens (tertiary/aromatic N) is 1. The van der Waals surface area contributed by atoms with Crippen LogP contribution in [0.1, 0.15) is 26.2 Å². The highest BCUT2D eigenvalue weighted by Crippen LogP contribution is 2.20. The van der Waals surface area contributed by atoms with Gasteiger partial charge in [-0.1, -0.05) is 31.4 Å². The number of sulfonamides is 1. The zero-order valence-electron chi connectivity index (χ0n) is 12.3. The van der Waals surface area contributed by atoms with Gasteiger partial charge < -0.3 is 5.32 Å². The number of rotatable bonds is 8. The molecule has 0 aromatic heterocycles. The Bertz CT molecular complexity index is 558. The molecule has 0 aliphatic rings. The second kappa shape index (κ2) is 8.24. The number of nitrogens with one attached hydrogen (secondary N) is 1. The van der Waals surface area contributed by atoms with Gasteiger partial charge in [0.1, 0.15) is 6.54 Å². The number of carbonyl (C=O) groups is 1. The minimum absolute atomic E-state index is 0.230. The SMILES string of the molecule is CCCCCNC(=O)CN(c1ccc(Cl)cc1)S(C)(=O)=O. The molecule has 0 radical (unpaired) electrons. The molecular formula is C14H21ClN2O3S.